The number of hydrogen-bond acceptors (Lipinski definition) is 2. The molecule has 0 aliphatic heterocycles. The van der Waals surface area contributed by atoms with E-state index in [9.17, 15) is 13.2 Å². The molecule has 0 aromatic heterocycles. The van der Waals surface area contributed by atoms with Gasteiger partial charge in [0.15, 0.2) is 0 Å². The van der Waals surface area contributed by atoms with Gasteiger partial charge in [-0.15, -0.1) is 0 Å². The van der Waals surface area contributed by atoms with Crippen molar-refractivity contribution < 1.29 is 17.9 Å². The van der Waals surface area contributed by atoms with Crippen molar-refractivity contribution in [2.24, 2.45) is 5.41 Å². The van der Waals surface area contributed by atoms with Gasteiger partial charge in [-0.25, -0.2) is 0 Å². The van der Waals surface area contributed by atoms with Crippen molar-refractivity contribution in [1.82, 2.24) is 5.32 Å². The molecular formula is C14H26F3NO. The zero-order valence-corrected chi connectivity index (χ0v) is 11.8. The van der Waals surface area contributed by atoms with Crippen molar-refractivity contribution in [2.45, 2.75) is 58.0 Å². The van der Waals surface area contributed by atoms with Crippen LogP contribution in [0.3, 0.4) is 0 Å². The van der Waals surface area contributed by atoms with Gasteiger partial charge in [-0.3, -0.25) is 0 Å². The molecule has 0 heterocycles. The molecule has 19 heavy (non-hydrogen) atoms. The standard InChI is InChI=1S/C14H26F3NO/c1-2-18-11-13(7-4-3-5-8-13)9-6-10-19-12-14(15,16)17/h18H,2-12H2,1H3. The van der Waals surface area contributed by atoms with Crippen LogP contribution in [0.5, 0.6) is 0 Å². The van der Waals surface area contributed by atoms with E-state index in [2.05, 4.69) is 12.2 Å². The van der Waals surface area contributed by atoms with Crippen LogP contribution in [-0.2, 0) is 4.74 Å². The number of ether oxygens (including phenoxy) is 1. The third-order valence-electron chi connectivity index (χ3n) is 3.93. The first-order chi connectivity index (χ1) is 8.97. The van der Waals surface area contributed by atoms with E-state index in [1.807, 2.05) is 0 Å². The Morgan fingerprint density at radius 2 is 1.84 bits per heavy atom. The van der Waals surface area contributed by atoms with Gasteiger partial charge in [0.25, 0.3) is 0 Å². The van der Waals surface area contributed by atoms with Gasteiger partial charge in [0.2, 0.25) is 0 Å². The Morgan fingerprint density at radius 3 is 2.42 bits per heavy atom. The lowest BCUT2D eigenvalue weighted by Gasteiger charge is -2.37. The second-order valence-corrected chi connectivity index (χ2v) is 5.61. The zero-order valence-electron chi connectivity index (χ0n) is 11.8. The minimum atomic E-state index is -4.20. The molecule has 1 rings (SSSR count). The number of alkyl halides is 3. The molecule has 1 aliphatic carbocycles. The highest BCUT2D eigenvalue weighted by molar-refractivity contribution is 4.84. The van der Waals surface area contributed by atoms with Crippen molar-refractivity contribution in [3.63, 3.8) is 0 Å². The number of rotatable bonds is 8. The van der Waals surface area contributed by atoms with E-state index >= 15 is 0 Å². The summed E-state index contributed by atoms with van der Waals surface area (Å²) in [4.78, 5) is 0. The fourth-order valence-corrected chi connectivity index (χ4v) is 2.94. The Balaban J connectivity index is 2.25. The van der Waals surface area contributed by atoms with Crippen LogP contribution in [0, 0.1) is 5.41 Å². The number of hydrogen-bond donors (Lipinski definition) is 1. The maximum absolute atomic E-state index is 11.9. The summed E-state index contributed by atoms with van der Waals surface area (Å²) in [6, 6.07) is 0. The molecule has 0 saturated heterocycles. The molecule has 0 bridgehead atoms. The van der Waals surface area contributed by atoms with Gasteiger partial charge < -0.3 is 10.1 Å². The van der Waals surface area contributed by atoms with Crippen molar-refractivity contribution in [1.29, 1.82) is 0 Å². The first-order valence-electron chi connectivity index (χ1n) is 7.33. The summed E-state index contributed by atoms with van der Waals surface area (Å²) in [6.45, 7) is 3.12. The molecule has 0 aromatic carbocycles. The van der Waals surface area contributed by atoms with Crippen LogP contribution >= 0.6 is 0 Å². The van der Waals surface area contributed by atoms with Gasteiger partial charge in [0.05, 0.1) is 0 Å². The highest BCUT2D eigenvalue weighted by Crippen LogP contribution is 2.39. The molecule has 1 aliphatic rings. The monoisotopic (exact) mass is 281 g/mol. The van der Waals surface area contributed by atoms with E-state index in [-0.39, 0.29) is 12.0 Å². The highest BCUT2D eigenvalue weighted by Gasteiger charge is 2.31. The van der Waals surface area contributed by atoms with Gasteiger partial charge >= 0.3 is 6.18 Å². The van der Waals surface area contributed by atoms with Gasteiger partial charge in [-0.1, -0.05) is 26.2 Å². The lowest BCUT2D eigenvalue weighted by atomic mass is 9.71. The normalized spacial score (nSPS) is 19.6. The second kappa shape index (κ2) is 8.10. The SMILES string of the molecule is CCNCC1(CCCOCC(F)(F)F)CCCCC1. The predicted molar refractivity (Wildman–Crippen MR) is 70.2 cm³/mol. The first-order valence-corrected chi connectivity index (χ1v) is 7.33. The minimum absolute atomic E-state index is 0.216. The van der Waals surface area contributed by atoms with E-state index in [1.165, 1.54) is 32.1 Å². The lowest BCUT2D eigenvalue weighted by Crippen LogP contribution is -2.36. The van der Waals surface area contributed by atoms with Crippen molar-refractivity contribution in [3.05, 3.63) is 0 Å². The smallest absolute Gasteiger partial charge is 0.372 e. The second-order valence-electron chi connectivity index (χ2n) is 5.61. The molecule has 0 amide bonds. The third-order valence-corrected chi connectivity index (χ3v) is 3.93. The largest absolute Gasteiger partial charge is 0.411 e. The topological polar surface area (TPSA) is 21.3 Å². The Bertz CT molecular complexity index is 237. The van der Waals surface area contributed by atoms with Crippen molar-refractivity contribution in [3.8, 4) is 0 Å². The number of halogens is 3. The van der Waals surface area contributed by atoms with Gasteiger partial charge in [-0.05, 0) is 37.6 Å². The summed E-state index contributed by atoms with van der Waals surface area (Å²) in [5, 5.41) is 3.40. The van der Waals surface area contributed by atoms with Crippen LogP contribution in [0.4, 0.5) is 13.2 Å². The first kappa shape index (κ1) is 16.8. The number of nitrogens with one attached hydrogen (secondary N) is 1. The molecule has 0 spiro atoms. The minimum Gasteiger partial charge on any atom is -0.372 e. The summed E-state index contributed by atoms with van der Waals surface area (Å²) in [7, 11) is 0. The van der Waals surface area contributed by atoms with E-state index in [4.69, 9.17) is 4.74 Å². The average molecular weight is 281 g/mol. The lowest BCUT2D eigenvalue weighted by molar-refractivity contribution is -0.174. The maximum Gasteiger partial charge on any atom is 0.411 e. The van der Waals surface area contributed by atoms with E-state index in [0.29, 0.717) is 0 Å². The Morgan fingerprint density at radius 1 is 1.16 bits per heavy atom. The Kier molecular flexibility index (Phi) is 7.15. The Labute approximate surface area is 114 Å². The van der Waals surface area contributed by atoms with E-state index < -0.39 is 12.8 Å². The van der Waals surface area contributed by atoms with Gasteiger partial charge in [0.1, 0.15) is 6.61 Å². The summed E-state index contributed by atoms with van der Waals surface area (Å²) in [5.74, 6) is 0. The van der Waals surface area contributed by atoms with Crippen LogP contribution < -0.4 is 5.32 Å². The van der Waals surface area contributed by atoms with Crippen LogP contribution in [0.25, 0.3) is 0 Å². The molecular weight excluding hydrogens is 255 g/mol. The summed E-state index contributed by atoms with van der Waals surface area (Å²) in [5.41, 5.74) is 0.288. The summed E-state index contributed by atoms with van der Waals surface area (Å²) in [6.07, 6.45) is 3.66. The molecule has 2 nitrogen and oxygen atoms in total. The molecule has 0 radical (unpaired) electrons. The molecule has 1 saturated carbocycles. The fourth-order valence-electron chi connectivity index (χ4n) is 2.94. The molecule has 0 unspecified atom stereocenters. The van der Waals surface area contributed by atoms with Crippen molar-refractivity contribution in [2.75, 3.05) is 26.3 Å². The van der Waals surface area contributed by atoms with Crippen LogP contribution in [0.15, 0.2) is 0 Å². The predicted octanol–water partition coefficient (Wildman–Crippen LogP) is 3.91. The molecule has 0 atom stereocenters. The maximum atomic E-state index is 11.9. The van der Waals surface area contributed by atoms with E-state index in [0.717, 1.165) is 25.9 Å². The molecule has 114 valence electrons. The fraction of sp³-hybridized carbons (Fsp3) is 1.00. The van der Waals surface area contributed by atoms with Gasteiger partial charge in [0, 0.05) is 13.2 Å². The summed E-state index contributed by atoms with van der Waals surface area (Å²) < 4.78 is 40.5. The molecule has 0 aromatic rings. The van der Waals surface area contributed by atoms with E-state index in [1.54, 1.807) is 0 Å². The van der Waals surface area contributed by atoms with Crippen LogP contribution in [-0.4, -0.2) is 32.5 Å². The van der Waals surface area contributed by atoms with Crippen molar-refractivity contribution >= 4 is 0 Å². The zero-order chi connectivity index (χ0) is 14.2. The third kappa shape index (κ3) is 7.16. The Hall–Kier alpha value is -0.290. The highest BCUT2D eigenvalue weighted by atomic mass is 19.4. The molecule has 1 N–H and O–H groups in total. The average Bonchev–Trinajstić information content (AvgIpc) is 2.36. The van der Waals surface area contributed by atoms with Crippen LogP contribution in [0.2, 0.25) is 0 Å². The summed E-state index contributed by atoms with van der Waals surface area (Å²) >= 11 is 0. The molecule has 1 fully saturated rings. The van der Waals surface area contributed by atoms with Gasteiger partial charge in [-0.2, -0.15) is 13.2 Å². The molecule has 5 heteroatoms. The van der Waals surface area contributed by atoms with Crippen LogP contribution in [0.1, 0.15) is 51.9 Å². The quantitative estimate of drug-likeness (QED) is 0.681.